The smallest absolute Gasteiger partial charge is 0.259 e. The molecule has 1 amide bonds. The van der Waals surface area contributed by atoms with Crippen molar-refractivity contribution in [2.45, 2.75) is 0 Å². The largest absolute Gasteiger partial charge is 0.507 e. The fourth-order valence-corrected chi connectivity index (χ4v) is 3.89. The number of phenols is 1. The van der Waals surface area contributed by atoms with Crippen molar-refractivity contribution in [2.75, 3.05) is 5.32 Å². The molecule has 2 N–H and O–H groups in total. The minimum atomic E-state index is -0.342. The van der Waals surface area contributed by atoms with E-state index in [9.17, 15) is 9.90 Å². The van der Waals surface area contributed by atoms with E-state index in [1.165, 1.54) is 0 Å². The SMILES string of the molecule is O=C(Nc1ccccc1-c1cccc2ccccc12)c1cc2ccccc2cc1O. The van der Waals surface area contributed by atoms with E-state index in [0.717, 1.165) is 32.7 Å². The minimum Gasteiger partial charge on any atom is -0.507 e. The van der Waals surface area contributed by atoms with Crippen LogP contribution in [0.1, 0.15) is 10.4 Å². The summed E-state index contributed by atoms with van der Waals surface area (Å²) < 4.78 is 0. The molecule has 0 radical (unpaired) electrons. The zero-order valence-electron chi connectivity index (χ0n) is 16.2. The molecule has 0 spiro atoms. The number of carbonyl (C=O) groups is 1. The molecular formula is C27H19NO2. The first kappa shape index (κ1) is 18.0. The molecule has 0 aliphatic heterocycles. The fraction of sp³-hybridized carbons (Fsp3) is 0. The van der Waals surface area contributed by atoms with Gasteiger partial charge in [0.1, 0.15) is 5.75 Å². The Balaban J connectivity index is 1.57. The molecule has 5 aromatic carbocycles. The summed E-state index contributed by atoms with van der Waals surface area (Å²) in [6.07, 6.45) is 0. The summed E-state index contributed by atoms with van der Waals surface area (Å²) in [5, 5.41) is 17.5. The molecule has 0 aromatic heterocycles. The maximum Gasteiger partial charge on any atom is 0.259 e. The van der Waals surface area contributed by atoms with E-state index in [4.69, 9.17) is 0 Å². The summed E-state index contributed by atoms with van der Waals surface area (Å²) in [5.41, 5.74) is 2.93. The van der Waals surface area contributed by atoms with Crippen LogP contribution in [0.5, 0.6) is 5.75 Å². The molecular weight excluding hydrogens is 370 g/mol. The lowest BCUT2D eigenvalue weighted by Gasteiger charge is -2.14. The highest BCUT2D eigenvalue weighted by Gasteiger charge is 2.15. The van der Waals surface area contributed by atoms with E-state index in [1.54, 1.807) is 12.1 Å². The number of nitrogens with one attached hydrogen (secondary N) is 1. The number of hydrogen-bond acceptors (Lipinski definition) is 2. The molecule has 5 rings (SSSR count). The summed E-state index contributed by atoms with van der Waals surface area (Å²) in [6.45, 7) is 0. The zero-order valence-corrected chi connectivity index (χ0v) is 16.2. The molecule has 0 saturated heterocycles. The van der Waals surface area contributed by atoms with Gasteiger partial charge in [0, 0.05) is 11.3 Å². The van der Waals surface area contributed by atoms with Gasteiger partial charge in [-0.3, -0.25) is 4.79 Å². The van der Waals surface area contributed by atoms with Crippen LogP contribution >= 0.6 is 0 Å². The highest BCUT2D eigenvalue weighted by atomic mass is 16.3. The van der Waals surface area contributed by atoms with Crippen LogP contribution in [0, 0.1) is 0 Å². The van der Waals surface area contributed by atoms with Crippen LogP contribution in [0.15, 0.2) is 103 Å². The Labute approximate surface area is 174 Å². The molecule has 0 aliphatic carbocycles. The molecule has 0 heterocycles. The second-order valence-corrected chi connectivity index (χ2v) is 7.24. The lowest BCUT2D eigenvalue weighted by molar-refractivity contribution is 0.102. The van der Waals surface area contributed by atoms with Crippen molar-refractivity contribution in [2.24, 2.45) is 0 Å². The van der Waals surface area contributed by atoms with Crippen molar-refractivity contribution in [3.8, 4) is 16.9 Å². The van der Waals surface area contributed by atoms with Crippen LogP contribution in [-0.2, 0) is 0 Å². The van der Waals surface area contributed by atoms with E-state index in [0.29, 0.717) is 5.69 Å². The number of phenolic OH excluding ortho intramolecular Hbond substituents is 1. The van der Waals surface area contributed by atoms with Crippen LogP contribution < -0.4 is 5.32 Å². The Bertz CT molecular complexity index is 1400. The average molecular weight is 389 g/mol. The van der Waals surface area contributed by atoms with E-state index in [2.05, 4.69) is 29.6 Å². The molecule has 5 aromatic rings. The van der Waals surface area contributed by atoms with Crippen LogP contribution in [0.4, 0.5) is 5.69 Å². The minimum absolute atomic E-state index is 0.0335. The number of amides is 1. The van der Waals surface area contributed by atoms with Gasteiger partial charge in [0.05, 0.1) is 5.56 Å². The average Bonchev–Trinajstić information content (AvgIpc) is 2.78. The predicted octanol–water partition coefficient (Wildman–Crippen LogP) is 6.62. The second-order valence-electron chi connectivity index (χ2n) is 7.24. The summed E-state index contributed by atoms with van der Waals surface area (Å²) in [7, 11) is 0. The number of fused-ring (bicyclic) bond motifs is 2. The van der Waals surface area contributed by atoms with Crippen molar-refractivity contribution >= 4 is 33.1 Å². The molecule has 0 bridgehead atoms. The molecule has 30 heavy (non-hydrogen) atoms. The van der Waals surface area contributed by atoms with Gasteiger partial charge in [-0.25, -0.2) is 0 Å². The number of carbonyl (C=O) groups excluding carboxylic acids is 1. The van der Waals surface area contributed by atoms with E-state index >= 15 is 0 Å². The highest BCUT2D eigenvalue weighted by molar-refractivity contribution is 6.11. The first-order valence-electron chi connectivity index (χ1n) is 9.81. The lowest BCUT2D eigenvalue weighted by atomic mass is 9.97. The molecule has 3 nitrogen and oxygen atoms in total. The number of para-hydroxylation sites is 1. The molecule has 0 atom stereocenters. The molecule has 0 fully saturated rings. The first-order valence-corrected chi connectivity index (χ1v) is 9.81. The third kappa shape index (κ3) is 3.16. The molecule has 0 unspecified atom stereocenters. The van der Waals surface area contributed by atoms with E-state index in [-0.39, 0.29) is 17.2 Å². The molecule has 0 saturated carbocycles. The fourth-order valence-electron chi connectivity index (χ4n) is 3.89. The zero-order chi connectivity index (χ0) is 20.5. The first-order chi connectivity index (χ1) is 14.7. The van der Waals surface area contributed by atoms with Crippen LogP contribution in [0.2, 0.25) is 0 Å². The van der Waals surface area contributed by atoms with Crippen molar-refractivity contribution in [1.29, 1.82) is 0 Å². The molecule has 144 valence electrons. The summed E-state index contributed by atoms with van der Waals surface area (Å²) >= 11 is 0. The van der Waals surface area contributed by atoms with Crippen molar-refractivity contribution in [1.82, 2.24) is 0 Å². The van der Waals surface area contributed by atoms with Crippen LogP contribution in [-0.4, -0.2) is 11.0 Å². The van der Waals surface area contributed by atoms with Gasteiger partial charge in [0.25, 0.3) is 5.91 Å². The highest BCUT2D eigenvalue weighted by Crippen LogP contribution is 2.34. The summed E-state index contributed by atoms with van der Waals surface area (Å²) in [5.74, 6) is -0.375. The van der Waals surface area contributed by atoms with Gasteiger partial charge in [-0.15, -0.1) is 0 Å². The third-order valence-corrected chi connectivity index (χ3v) is 5.36. The predicted molar refractivity (Wildman–Crippen MR) is 123 cm³/mol. The number of rotatable bonds is 3. The van der Waals surface area contributed by atoms with E-state index < -0.39 is 0 Å². The number of benzene rings is 5. The lowest BCUT2D eigenvalue weighted by Crippen LogP contribution is -2.13. The Morgan fingerprint density at radius 2 is 1.23 bits per heavy atom. The monoisotopic (exact) mass is 389 g/mol. The van der Waals surface area contributed by atoms with Gasteiger partial charge >= 0.3 is 0 Å². The number of hydrogen-bond donors (Lipinski definition) is 2. The quantitative estimate of drug-likeness (QED) is 0.364. The van der Waals surface area contributed by atoms with Crippen molar-refractivity contribution in [3.05, 3.63) is 109 Å². The van der Waals surface area contributed by atoms with Gasteiger partial charge in [0.2, 0.25) is 0 Å². The van der Waals surface area contributed by atoms with Crippen molar-refractivity contribution < 1.29 is 9.90 Å². The standard InChI is InChI=1S/C27H19NO2/c29-26-17-20-10-2-1-9-19(20)16-24(26)27(30)28-25-15-6-5-13-23(25)22-14-7-11-18-8-3-4-12-21(18)22/h1-17,29H,(H,28,30). The molecule has 0 aliphatic rings. The van der Waals surface area contributed by atoms with Crippen molar-refractivity contribution in [3.63, 3.8) is 0 Å². The number of anilines is 1. The summed E-state index contributed by atoms with van der Waals surface area (Å²) in [4.78, 5) is 13.1. The normalized spacial score (nSPS) is 10.9. The second kappa shape index (κ2) is 7.37. The van der Waals surface area contributed by atoms with Crippen LogP contribution in [0.25, 0.3) is 32.7 Å². The van der Waals surface area contributed by atoms with E-state index in [1.807, 2.05) is 66.7 Å². The Hall–Kier alpha value is -4.11. The summed E-state index contributed by atoms with van der Waals surface area (Å²) in [6, 6.07) is 33.1. The molecule has 3 heteroatoms. The Morgan fingerprint density at radius 3 is 2.07 bits per heavy atom. The van der Waals surface area contributed by atoms with Gasteiger partial charge in [-0.2, -0.15) is 0 Å². The van der Waals surface area contributed by atoms with Crippen LogP contribution in [0.3, 0.4) is 0 Å². The Kier molecular flexibility index (Phi) is 4.41. The van der Waals surface area contributed by atoms with Gasteiger partial charge in [0.15, 0.2) is 0 Å². The van der Waals surface area contributed by atoms with Gasteiger partial charge in [-0.1, -0.05) is 84.9 Å². The maximum atomic E-state index is 13.1. The van der Waals surface area contributed by atoms with Gasteiger partial charge < -0.3 is 10.4 Å². The third-order valence-electron chi connectivity index (χ3n) is 5.36. The van der Waals surface area contributed by atoms with Gasteiger partial charge in [-0.05, 0) is 45.3 Å². The maximum absolute atomic E-state index is 13.1. The number of aromatic hydroxyl groups is 1. The topological polar surface area (TPSA) is 49.3 Å². The Morgan fingerprint density at radius 1 is 0.633 bits per heavy atom.